The largest absolute Gasteiger partial charge is 0.490 e. The van der Waals surface area contributed by atoms with Crippen molar-refractivity contribution in [1.82, 2.24) is 26.1 Å². The number of aromatic amines is 1. The van der Waals surface area contributed by atoms with Crippen LogP contribution in [0.2, 0.25) is 5.02 Å². The number of halogens is 6. The average Bonchev–Trinajstić information content (AvgIpc) is 3.45. The third-order valence-electron chi connectivity index (χ3n) is 5.89. The summed E-state index contributed by atoms with van der Waals surface area (Å²) in [6.07, 6.45) is -4.67. The molecule has 3 aromatic rings. The number of rotatable bonds is 8. The normalized spacial score (nSPS) is 15.0. The molecule has 45 heavy (non-hydrogen) atoms. The van der Waals surface area contributed by atoms with Gasteiger partial charge in [0.15, 0.2) is 5.96 Å². The Bertz CT molecular complexity index is 1580. The number of carboxylic acid groups (broad SMARTS) is 1. The number of carboxylic acids is 1. The standard InChI is InChI=1S/C24H24ClFIN7O4.C2HF3O2/c1-38-22(36)7-18(12-2-14(25)6-16(27)3-12)32-21(35)11-28-23(37)13-4-19(17-10-31-34-20(17)5-13)33-24-29-8-15(26)9-30-24;3-2(4,5)1(6)7/h2-6,10,15,18H,7-9,11H2,1H3,(H,28,37)(H,31,34)(H,32,35)(H2,29,30,33);(H,6,7)/t18-;/m0./s1. The van der Waals surface area contributed by atoms with E-state index in [0.29, 0.717) is 33.1 Å². The van der Waals surface area contributed by atoms with Gasteiger partial charge >= 0.3 is 18.1 Å². The summed E-state index contributed by atoms with van der Waals surface area (Å²) in [6, 6.07) is 7.68. The molecule has 2 atom stereocenters. The summed E-state index contributed by atoms with van der Waals surface area (Å²) in [7, 11) is 1.26. The average molecular weight is 770 g/mol. The Kier molecular flexibility index (Phi) is 12.3. The van der Waals surface area contributed by atoms with Crippen LogP contribution < -0.4 is 21.3 Å². The van der Waals surface area contributed by atoms with Crippen molar-refractivity contribution in [2.24, 2.45) is 4.99 Å². The van der Waals surface area contributed by atoms with Crippen LogP contribution in [0.1, 0.15) is 28.4 Å². The predicted molar refractivity (Wildman–Crippen MR) is 163 cm³/mol. The smallest absolute Gasteiger partial charge is 0.475 e. The molecule has 0 spiro atoms. The molecule has 1 unspecified atom stereocenters. The predicted octanol–water partition coefficient (Wildman–Crippen LogP) is 3.31. The number of hydrogen-bond acceptors (Lipinski definition) is 9. The van der Waals surface area contributed by atoms with Crippen molar-refractivity contribution in [1.29, 1.82) is 0 Å². The van der Waals surface area contributed by atoms with Crippen LogP contribution in [0, 0.1) is 3.57 Å². The first kappa shape index (κ1) is 35.3. The molecule has 19 heteroatoms. The number of aliphatic carboxylic acids is 1. The molecule has 2 aromatic carbocycles. The van der Waals surface area contributed by atoms with Crippen molar-refractivity contribution in [2.75, 3.05) is 32.1 Å². The molecule has 2 amide bonds. The van der Waals surface area contributed by atoms with E-state index >= 15 is 0 Å². The number of benzene rings is 2. The fourth-order valence-electron chi connectivity index (χ4n) is 3.80. The van der Waals surface area contributed by atoms with Gasteiger partial charge in [0.2, 0.25) is 5.91 Å². The van der Waals surface area contributed by atoms with Gasteiger partial charge in [-0.2, -0.15) is 18.3 Å². The molecule has 0 fully saturated rings. The Hall–Kier alpha value is -4.20. The van der Waals surface area contributed by atoms with E-state index in [1.165, 1.54) is 7.11 Å². The zero-order chi connectivity index (χ0) is 33.3. The second kappa shape index (κ2) is 15.7. The van der Waals surface area contributed by atoms with Gasteiger partial charge in [0.1, 0.15) is 6.17 Å². The van der Waals surface area contributed by atoms with Gasteiger partial charge in [-0.1, -0.05) is 11.6 Å². The van der Waals surface area contributed by atoms with Gasteiger partial charge in [-0.15, -0.1) is 0 Å². The molecular formula is C26H25ClF4IN7O6. The molecule has 0 saturated heterocycles. The van der Waals surface area contributed by atoms with E-state index < -0.39 is 42.1 Å². The number of methoxy groups -OCH3 is 1. The number of hydrogen-bond donors (Lipinski definition) is 6. The van der Waals surface area contributed by atoms with Crippen LogP contribution in [-0.2, 0) is 19.1 Å². The summed E-state index contributed by atoms with van der Waals surface area (Å²) >= 11 is 8.24. The SMILES string of the molecule is COC(=O)C[C@H](NC(=O)CNC(=O)c1cc(NC2=NCC(F)CN2)c2cn[nH]c2c1)c1cc(Cl)cc(I)c1.O=C(O)C(F)(F)F. The highest BCUT2D eigenvalue weighted by Crippen LogP contribution is 2.26. The van der Waals surface area contributed by atoms with Crippen LogP contribution in [0.5, 0.6) is 0 Å². The Morgan fingerprint density at radius 2 is 1.91 bits per heavy atom. The topological polar surface area (TPSA) is 187 Å². The molecule has 13 nitrogen and oxygen atoms in total. The lowest BCUT2D eigenvalue weighted by Gasteiger charge is -2.20. The summed E-state index contributed by atoms with van der Waals surface area (Å²) in [5.74, 6) is -3.91. The van der Waals surface area contributed by atoms with Crippen molar-refractivity contribution in [3.63, 3.8) is 0 Å². The number of esters is 1. The van der Waals surface area contributed by atoms with Crippen molar-refractivity contribution in [3.05, 3.63) is 56.2 Å². The van der Waals surface area contributed by atoms with Crippen molar-refractivity contribution in [2.45, 2.75) is 24.8 Å². The van der Waals surface area contributed by atoms with Crippen LogP contribution in [-0.4, -0.2) is 84.1 Å². The highest BCUT2D eigenvalue weighted by atomic mass is 127. The van der Waals surface area contributed by atoms with Gasteiger partial charge in [-0.05, 0) is 58.5 Å². The Balaban J connectivity index is 0.000000707. The van der Waals surface area contributed by atoms with Gasteiger partial charge in [-0.3, -0.25) is 19.5 Å². The van der Waals surface area contributed by atoms with Crippen LogP contribution in [0.25, 0.3) is 10.9 Å². The first-order valence-corrected chi connectivity index (χ1v) is 14.2. The van der Waals surface area contributed by atoms with E-state index in [1.54, 1.807) is 36.5 Å². The first-order chi connectivity index (χ1) is 21.2. The molecule has 1 aliphatic rings. The number of alkyl halides is 4. The maximum absolute atomic E-state index is 13.4. The van der Waals surface area contributed by atoms with E-state index in [2.05, 4.69) is 59.0 Å². The summed E-state index contributed by atoms with van der Waals surface area (Å²) < 4.78 is 50.7. The molecule has 0 saturated carbocycles. The second-order valence-corrected chi connectivity index (χ2v) is 10.9. The number of aliphatic imine (C=N–C) groups is 1. The molecule has 0 bridgehead atoms. The number of guanidine groups is 1. The van der Waals surface area contributed by atoms with Crippen LogP contribution in [0.4, 0.5) is 23.2 Å². The van der Waals surface area contributed by atoms with Gasteiger partial charge in [0.25, 0.3) is 5.91 Å². The lowest BCUT2D eigenvalue weighted by molar-refractivity contribution is -0.192. The minimum atomic E-state index is -5.08. The Labute approximate surface area is 270 Å². The number of anilines is 1. The van der Waals surface area contributed by atoms with Crippen molar-refractivity contribution < 1.29 is 46.6 Å². The quantitative estimate of drug-likeness (QED) is 0.114. The minimum absolute atomic E-state index is 0.0322. The number of carbonyl (C=O) groups excluding carboxylic acids is 3. The first-order valence-electron chi connectivity index (χ1n) is 12.7. The number of fused-ring (bicyclic) bond motifs is 1. The third-order valence-corrected chi connectivity index (χ3v) is 6.73. The van der Waals surface area contributed by atoms with Crippen LogP contribution in [0.3, 0.4) is 0 Å². The fraction of sp³-hybridized carbons (Fsp3) is 0.308. The number of carbonyl (C=O) groups is 4. The van der Waals surface area contributed by atoms with Gasteiger partial charge in [-0.25, -0.2) is 14.2 Å². The maximum Gasteiger partial charge on any atom is 0.490 e. The van der Waals surface area contributed by atoms with Gasteiger partial charge in [0.05, 0.1) is 56.6 Å². The van der Waals surface area contributed by atoms with Gasteiger partial charge < -0.3 is 31.1 Å². The number of nitrogens with one attached hydrogen (secondary N) is 5. The van der Waals surface area contributed by atoms with Gasteiger partial charge in [0, 0.05) is 19.5 Å². The summed E-state index contributed by atoms with van der Waals surface area (Å²) in [6.45, 7) is -0.185. The molecular weight excluding hydrogens is 745 g/mol. The van der Waals surface area contributed by atoms with Crippen molar-refractivity contribution >= 4 is 80.5 Å². The molecule has 242 valence electrons. The van der Waals surface area contributed by atoms with Crippen molar-refractivity contribution in [3.8, 4) is 0 Å². The monoisotopic (exact) mass is 769 g/mol. The number of nitrogens with zero attached hydrogens (tertiary/aromatic N) is 2. The number of aromatic nitrogens is 2. The van der Waals surface area contributed by atoms with E-state index in [4.69, 9.17) is 26.2 Å². The van der Waals surface area contributed by atoms with Crippen LogP contribution >= 0.6 is 34.2 Å². The lowest BCUT2D eigenvalue weighted by Crippen LogP contribution is -2.41. The fourth-order valence-corrected chi connectivity index (χ4v) is 4.92. The minimum Gasteiger partial charge on any atom is -0.475 e. The molecule has 1 aromatic heterocycles. The highest BCUT2D eigenvalue weighted by molar-refractivity contribution is 14.1. The molecule has 0 radical (unpaired) electrons. The molecule has 6 N–H and O–H groups in total. The number of amides is 2. The Morgan fingerprint density at radius 3 is 2.51 bits per heavy atom. The summed E-state index contributed by atoms with van der Waals surface area (Å²) in [4.78, 5) is 50.6. The molecule has 0 aliphatic carbocycles. The van der Waals surface area contributed by atoms with E-state index in [0.717, 1.165) is 3.57 Å². The molecule has 1 aliphatic heterocycles. The van der Waals surface area contributed by atoms with E-state index in [-0.39, 0.29) is 31.6 Å². The second-order valence-electron chi connectivity index (χ2n) is 9.24. The van der Waals surface area contributed by atoms with E-state index in [9.17, 15) is 31.9 Å². The maximum atomic E-state index is 13.4. The summed E-state index contributed by atoms with van der Waals surface area (Å²) in [5, 5.41) is 26.4. The number of H-pyrrole nitrogens is 1. The number of ether oxygens (including phenoxy) is 1. The third kappa shape index (κ3) is 10.7. The molecule has 2 heterocycles. The summed E-state index contributed by atoms with van der Waals surface area (Å²) in [5.41, 5.74) is 2.00. The lowest BCUT2D eigenvalue weighted by atomic mass is 10.0. The highest BCUT2D eigenvalue weighted by Gasteiger charge is 2.38. The van der Waals surface area contributed by atoms with E-state index in [1.807, 2.05) is 0 Å². The Morgan fingerprint density at radius 1 is 1.20 bits per heavy atom. The zero-order valence-electron chi connectivity index (χ0n) is 23.1. The zero-order valence-corrected chi connectivity index (χ0v) is 26.0. The van der Waals surface area contributed by atoms with Crippen LogP contribution in [0.15, 0.2) is 41.5 Å². The molecule has 4 rings (SSSR count).